The molecular weight excluding hydrogens is 294 g/mol. The highest BCUT2D eigenvalue weighted by molar-refractivity contribution is 7.80. The van der Waals surface area contributed by atoms with Crippen LogP contribution in [0, 0.1) is 0 Å². The van der Waals surface area contributed by atoms with Crippen molar-refractivity contribution < 1.29 is 5.11 Å². The molecule has 4 nitrogen and oxygen atoms in total. The summed E-state index contributed by atoms with van der Waals surface area (Å²) < 4.78 is 0. The van der Waals surface area contributed by atoms with Gasteiger partial charge < -0.3 is 10.0 Å². The first-order chi connectivity index (χ1) is 10.6. The molecule has 0 aliphatic carbocycles. The molecule has 0 amide bonds. The lowest BCUT2D eigenvalue weighted by atomic mass is 10.2. The average Bonchev–Trinajstić information content (AvgIpc) is 2.49. The first-order valence-corrected chi connectivity index (χ1v) is 8.43. The van der Waals surface area contributed by atoms with E-state index >= 15 is 0 Å². The van der Waals surface area contributed by atoms with Crippen molar-refractivity contribution in [3.8, 4) is 0 Å². The molecule has 1 fully saturated rings. The van der Waals surface area contributed by atoms with E-state index in [2.05, 4.69) is 45.0 Å². The topological polar surface area (TPSA) is 30.0 Å². The second-order valence-corrected chi connectivity index (χ2v) is 6.56. The molecule has 1 N–H and O–H groups in total. The lowest BCUT2D eigenvalue weighted by Crippen LogP contribution is -2.46. The molecule has 0 spiro atoms. The zero-order valence-electron chi connectivity index (χ0n) is 13.4. The summed E-state index contributed by atoms with van der Waals surface area (Å²) in [7, 11) is 2.00. The summed E-state index contributed by atoms with van der Waals surface area (Å²) in [5.41, 5.74) is 1.40. The number of nitrogens with zero attached hydrogens (tertiary/aromatic N) is 3. The number of benzene rings is 1. The largest absolute Gasteiger partial charge is 0.501 e. The van der Waals surface area contributed by atoms with E-state index in [-0.39, 0.29) is 5.05 Å². The van der Waals surface area contributed by atoms with Crippen molar-refractivity contribution in [2.24, 2.45) is 0 Å². The van der Waals surface area contributed by atoms with E-state index in [4.69, 9.17) is 17.3 Å². The quantitative estimate of drug-likeness (QED) is 0.740. The minimum Gasteiger partial charge on any atom is -0.501 e. The number of hydrogen-bond donors (Lipinski definition) is 1. The molecular formula is C17H27N3OS. The molecule has 1 aliphatic rings. The first-order valence-electron chi connectivity index (χ1n) is 8.02. The van der Waals surface area contributed by atoms with Crippen molar-refractivity contribution in [3.05, 3.63) is 35.9 Å². The van der Waals surface area contributed by atoms with Crippen LogP contribution in [-0.4, -0.2) is 77.7 Å². The SMILES string of the molecule is CN(CCCN1CCN(Cc2ccccc2)CC1)CC(O)=S. The van der Waals surface area contributed by atoms with Gasteiger partial charge in [0.05, 0.1) is 6.54 Å². The summed E-state index contributed by atoms with van der Waals surface area (Å²) in [6, 6.07) is 10.7. The number of rotatable bonds is 8. The summed E-state index contributed by atoms with van der Waals surface area (Å²) in [5, 5.41) is 9.18. The molecule has 1 heterocycles. The Morgan fingerprint density at radius 1 is 1.14 bits per heavy atom. The highest BCUT2D eigenvalue weighted by Crippen LogP contribution is 2.08. The van der Waals surface area contributed by atoms with Crippen molar-refractivity contribution in [3.63, 3.8) is 0 Å². The van der Waals surface area contributed by atoms with Crippen LogP contribution in [0.2, 0.25) is 0 Å². The lowest BCUT2D eigenvalue weighted by molar-refractivity contribution is 0.123. The van der Waals surface area contributed by atoms with Gasteiger partial charge in [-0.25, -0.2) is 0 Å². The van der Waals surface area contributed by atoms with E-state index in [1.54, 1.807) is 0 Å². The predicted octanol–water partition coefficient (Wildman–Crippen LogP) is 2.01. The smallest absolute Gasteiger partial charge is 0.170 e. The van der Waals surface area contributed by atoms with Gasteiger partial charge in [-0.05, 0) is 44.3 Å². The van der Waals surface area contributed by atoms with E-state index < -0.39 is 0 Å². The van der Waals surface area contributed by atoms with E-state index in [1.165, 1.54) is 5.56 Å². The molecule has 2 rings (SSSR count). The Morgan fingerprint density at radius 3 is 2.41 bits per heavy atom. The predicted molar refractivity (Wildman–Crippen MR) is 95.5 cm³/mol. The fourth-order valence-electron chi connectivity index (χ4n) is 2.89. The Balaban J connectivity index is 1.60. The van der Waals surface area contributed by atoms with Crippen LogP contribution in [0.3, 0.4) is 0 Å². The minimum atomic E-state index is 0.0806. The fourth-order valence-corrected chi connectivity index (χ4v) is 3.11. The van der Waals surface area contributed by atoms with E-state index in [1.807, 2.05) is 7.05 Å². The van der Waals surface area contributed by atoms with Crippen LogP contribution in [0.5, 0.6) is 0 Å². The number of piperazine rings is 1. The van der Waals surface area contributed by atoms with Crippen LogP contribution in [-0.2, 0) is 6.54 Å². The third-order valence-corrected chi connectivity index (χ3v) is 4.26. The molecule has 0 bridgehead atoms. The molecule has 122 valence electrons. The van der Waals surface area contributed by atoms with Crippen LogP contribution in [0.4, 0.5) is 0 Å². The number of thiocarbonyl (C=S) groups is 1. The molecule has 1 aliphatic heterocycles. The van der Waals surface area contributed by atoms with Crippen LogP contribution in [0.15, 0.2) is 30.3 Å². The second-order valence-electron chi connectivity index (χ2n) is 6.09. The minimum absolute atomic E-state index is 0.0806. The van der Waals surface area contributed by atoms with Gasteiger partial charge >= 0.3 is 0 Å². The second kappa shape index (κ2) is 9.20. The van der Waals surface area contributed by atoms with E-state index in [9.17, 15) is 0 Å². The summed E-state index contributed by atoms with van der Waals surface area (Å²) in [6.45, 7) is 8.25. The van der Waals surface area contributed by atoms with Gasteiger partial charge in [0.1, 0.15) is 0 Å². The summed E-state index contributed by atoms with van der Waals surface area (Å²) in [4.78, 5) is 7.14. The third-order valence-electron chi connectivity index (χ3n) is 4.13. The molecule has 0 saturated carbocycles. The Hall–Kier alpha value is -1.01. The van der Waals surface area contributed by atoms with Crippen LogP contribution in [0.25, 0.3) is 0 Å². The molecule has 0 atom stereocenters. The standard InChI is InChI=1S/C17H27N3OS/c1-18(15-17(21)22)8-5-9-19-10-12-20(13-11-19)14-16-6-3-2-4-7-16/h2-4,6-7H,5,8-15H2,1H3,(H,21,22). The molecule has 1 aromatic carbocycles. The Kier molecular flexibility index (Phi) is 7.25. The maximum absolute atomic E-state index is 9.09. The number of aliphatic hydroxyl groups is 1. The van der Waals surface area contributed by atoms with Crippen LogP contribution >= 0.6 is 12.2 Å². The van der Waals surface area contributed by atoms with Gasteiger partial charge in [0.2, 0.25) is 0 Å². The average molecular weight is 321 g/mol. The monoisotopic (exact) mass is 321 g/mol. The molecule has 0 radical (unpaired) electrons. The number of aliphatic hydroxyl groups excluding tert-OH is 1. The number of hydrogen-bond acceptors (Lipinski definition) is 4. The fraction of sp³-hybridized carbons (Fsp3) is 0.588. The third kappa shape index (κ3) is 6.40. The van der Waals surface area contributed by atoms with E-state index in [0.717, 1.165) is 52.2 Å². The maximum atomic E-state index is 9.09. The first kappa shape index (κ1) is 17.3. The van der Waals surface area contributed by atoms with Crippen molar-refractivity contribution in [2.75, 3.05) is 52.9 Å². The van der Waals surface area contributed by atoms with Gasteiger partial charge in [-0.3, -0.25) is 9.80 Å². The zero-order valence-corrected chi connectivity index (χ0v) is 14.3. The molecule has 1 aromatic rings. The Morgan fingerprint density at radius 2 is 1.77 bits per heavy atom. The Bertz CT molecular complexity index is 446. The van der Waals surface area contributed by atoms with Crippen LogP contribution in [0.1, 0.15) is 12.0 Å². The van der Waals surface area contributed by atoms with Crippen molar-refractivity contribution in [1.29, 1.82) is 0 Å². The van der Waals surface area contributed by atoms with Gasteiger partial charge in [-0.1, -0.05) is 30.3 Å². The van der Waals surface area contributed by atoms with Crippen molar-refractivity contribution in [2.45, 2.75) is 13.0 Å². The summed E-state index contributed by atoms with van der Waals surface area (Å²) in [6.07, 6.45) is 1.12. The highest BCUT2D eigenvalue weighted by atomic mass is 32.1. The summed E-state index contributed by atoms with van der Waals surface area (Å²) in [5.74, 6) is 0. The van der Waals surface area contributed by atoms with Gasteiger partial charge in [-0.15, -0.1) is 0 Å². The number of likely N-dealkylation sites (N-methyl/N-ethyl adjacent to an activating group) is 1. The summed E-state index contributed by atoms with van der Waals surface area (Å²) >= 11 is 4.71. The Labute approximate surface area is 139 Å². The van der Waals surface area contributed by atoms with Gasteiger partial charge in [0, 0.05) is 32.7 Å². The molecule has 0 unspecified atom stereocenters. The normalized spacial score (nSPS) is 17.0. The van der Waals surface area contributed by atoms with Gasteiger partial charge in [0.25, 0.3) is 0 Å². The molecule has 1 saturated heterocycles. The molecule has 5 heteroatoms. The van der Waals surface area contributed by atoms with E-state index in [0.29, 0.717) is 6.54 Å². The maximum Gasteiger partial charge on any atom is 0.170 e. The molecule has 0 aromatic heterocycles. The zero-order chi connectivity index (χ0) is 15.8. The molecule has 22 heavy (non-hydrogen) atoms. The van der Waals surface area contributed by atoms with Gasteiger partial charge in [-0.2, -0.15) is 0 Å². The van der Waals surface area contributed by atoms with Crippen LogP contribution < -0.4 is 0 Å². The lowest BCUT2D eigenvalue weighted by Gasteiger charge is -2.35. The van der Waals surface area contributed by atoms with Crippen molar-refractivity contribution in [1.82, 2.24) is 14.7 Å². The highest BCUT2D eigenvalue weighted by Gasteiger charge is 2.16. The van der Waals surface area contributed by atoms with Crippen molar-refractivity contribution >= 4 is 17.3 Å². The van der Waals surface area contributed by atoms with Gasteiger partial charge in [0.15, 0.2) is 5.05 Å².